The van der Waals surface area contributed by atoms with E-state index in [0.717, 1.165) is 38.4 Å². The third-order valence-corrected chi connectivity index (χ3v) is 5.08. The van der Waals surface area contributed by atoms with Crippen molar-refractivity contribution in [3.63, 3.8) is 0 Å². The van der Waals surface area contributed by atoms with E-state index in [-0.39, 0.29) is 5.91 Å². The molecule has 4 rings (SSSR count). The Hall–Kier alpha value is -2.58. The van der Waals surface area contributed by atoms with Crippen LogP contribution in [0.25, 0.3) is 5.69 Å². The second-order valence-electron chi connectivity index (χ2n) is 6.00. The highest BCUT2D eigenvalue weighted by Gasteiger charge is 2.22. The largest absolute Gasteiger partial charge is 0.336 e. The van der Waals surface area contributed by atoms with Crippen LogP contribution in [0.15, 0.2) is 47.4 Å². The van der Waals surface area contributed by atoms with Crippen LogP contribution >= 0.6 is 11.3 Å². The van der Waals surface area contributed by atoms with Crippen molar-refractivity contribution in [1.82, 2.24) is 30.0 Å². The Bertz CT molecular complexity index is 825. The van der Waals surface area contributed by atoms with Gasteiger partial charge in [0.05, 0.1) is 5.69 Å². The summed E-state index contributed by atoms with van der Waals surface area (Å²) in [4.78, 5) is 17.1. The number of benzene rings is 1. The number of aromatic nitrogens is 4. The lowest BCUT2D eigenvalue weighted by atomic mass is 10.1. The maximum absolute atomic E-state index is 12.8. The second-order valence-corrected chi connectivity index (χ2v) is 6.78. The van der Waals surface area contributed by atoms with Crippen LogP contribution < -0.4 is 0 Å². The van der Waals surface area contributed by atoms with Crippen molar-refractivity contribution in [2.24, 2.45) is 0 Å². The second kappa shape index (κ2) is 7.12. The Kier molecular flexibility index (Phi) is 4.53. The van der Waals surface area contributed by atoms with E-state index in [4.69, 9.17) is 0 Å². The third kappa shape index (κ3) is 3.59. The molecular formula is C17H18N6OS. The predicted molar refractivity (Wildman–Crippen MR) is 94.7 cm³/mol. The van der Waals surface area contributed by atoms with E-state index in [0.29, 0.717) is 5.56 Å². The molecule has 1 aliphatic rings. The molecule has 0 unspecified atom stereocenters. The number of carbonyl (C=O) groups is 1. The molecule has 1 aliphatic heterocycles. The van der Waals surface area contributed by atoms with Crippen LogP contribution in [0, 0.1) is 0 Å². The van der Waals surface area contributed by atoms with Gasteiger partial charge in [-0.3, -0.25) is 9.69 Å². The molecule has 0 bridgehead atoms. The Morgan fingerprint density at radius 2 is 2.04 bits per heavy atom. The van der Waals surface area contributed by atoms with Gasteiger partial charge in [-0.15, -0.1) is 5.10 Å². The van der Waals surface area contributed by atoms with Gasteiger partial charge in [0.15, 0.2) is 0 Å². The van der Waals surface area contributed by atoms with Gasteiger partial charge < -0.3 is 4.90 Å². The molecule has 1 amide bonds. The summed E-state index contributed by atoms with van der Waals surface area (Å²) in [6.07, 6.45) is 1.52. The van der Waals surface area contributed by atoms with Crippen molar-refractivity contribution < 1.29 is 4.79 Å². The van der Waals surface area contributed by atoms with Crippen molar-refractivity contribution in [3.05, 3.63) is 58.5 Å². The number of thiophene rings is 1. The molecule has 0 saturated carbocycles. The van der Waals surface area contributed by atoms with Crippen LogP contribution in [-0.4, -0.2) is 62.1 Å². The summed E-state index contributed by atoms with van der Waals surface area (Å²) in [5.74, 6) is 0.0603. The van der Waals surface area contributed by atoms with Gasteiger partial charge in [-0.1, -0.05) is 6.07 Å². The third-order valence-electron chi connectivity index (χ3n) is 4.35. The van der Waals surface area contributed by atoms with Crippen LogP contribution in [0.1, 0.15) is 15.9 Å². The summed E-state index contributed by atoms with van der Waals surface area (Å²) in [6, 6.07) is 9.57. The highest BCUT2D eigenvalue weighted by molar-refractivity contribution is 7.07. The molecule has 0 N–H and O–H groups in total. The van der Waals surface area contributed by atoms with Gasteiger partial charge in [-0.05, 0) is 51.0 Å². The summed E-state index contributed by atoms with van der Waals surface area (Å²) >= 11 is 1.72. The summed E-state index contributed by atoms with van der Waals surface area (Å²) in [7, 11) is 0. The Morgan fingerprint density at radius 3 is 2.76 bits per heavy atom. The zero-order valence-corrected chi connectivity index (χ0v) is 14.5. The fourth-order valence-electron chi connectivity index (χ4n) is 2.99. The summed E-state index contributed by atoms with van der Waals surface area (Å²) in [5, 5.41) is 15.4. The van der Waals surface area contributed by atoms with E-state index >= 15 is 0 Å². The number of carbonyl (C=O) groups excluding carboxylic acids is 1. The molecule has 2 aromatic heterocycles. The molecule has 0 radical (unpaired) electrons. The molecule has 128 valence electrons. The molecule has 25 heavy (non-hydrogen) atoms. The van der Waals surface area contributed by atoms with E-state index in [1.54, 1.807) is 16.0 Å². The first-order chi connectivity index (χ1) is 12.3. The van der Waals surface area contributed by atoms with Crippen LogP contribution in [0.4, 0.5) is 0 Å². The van der Waals surface area contributed by atoms with Gasteiger partial charge in [0, 0.05) is 38.3 Å². The topological polar surface area (TPSA) is 67.2 Å². The predicted octanol–water partition coefficient (Wildman–Crippen LogP) is 1.68. The fraction of sp³-hybridized carbons (Fsp3) is 0.294. The van der Waals surface area contributed by atoms with Gasteiger partial charge in [-0.25, -0.2) is 4.68 Å². The first-order valence-electron chi connectivity index (χ1n) is 8.16. The SMILES string of the molecule is O=C(c1cccc(-n2cnnn2)c1)N1CCN(Cc2ccsc2)CC1. The lowest BCUT2D eigenvalue weighted by Crippen LogP contribution is -2.48. The minimum Gasteiger partial charge on any atom is -0.336 e. The molecule has 1 aromatic carbocycles. The number of hydrogen-bond donors (Lipinski definition) is 0. The summed E-state index contributed by atoms with van der Waals surface area (Å²) in [6.45, 7) is 4.25. The quantitative estimate of drug-likeness (QED) is 0.713. The first-order valence-corrected chi connectivity index (χ1v) is 9.10. The van der Waals surface area contributed by atoms with Crippen molar-refractivity contribution in [3.8, 4) is 5.69 Å². The molecule has 3 aromatic rings. The zero-order valence-electron chi connectivity index (χ0n) is 13.7. The average Bonchev–Trinajstić information content (AvgIpc) is 3.36. The van der Waals surface area contributed by atoms with Crippen LogP contribution in [-0.2, 0) is 6.54 Å². The first kappa shape index (κ1) is 15.9. The number of hydrogen-bond acceptors (Lipinski definition) is 6. The lowest BCUT2D eigenvalue weighted by Gasteiger charge is -2.34. The Balaban J connectivity index is 1.40. The molecule has 0 spiro atoms. The number of piperazine rings is 1. The van der Waals surface area contributed by atoms with Gasteiger partial charge in [0.25, 0.3) is 5.91 Å². The number of nitrogens with zero attached hydrogens (tertiary/aromatic N) is 6. The number of amides is 1. The standard InChI is InChI=1S/C17H18N6OS/c24-17(15-2-1-3-16(10-15)23-13-18-19-20-23)22-7-5-21(6-8-22)11-14-4-9-25-12-14/h1-4,9-10,12-13H,5-8,11H2. The molecular weight excluding hydrogens is 336 g/mol. The molecule has 8 heteroatoms. The van der Waals surface area contributed by atoms with E-state index in [2.05, 4.69) is 37.3 Å². The van der Waals surface area contributed by atoms with Crippen LogP contribution in [0.5, 0.6) is 0 Å². The monoisotopic (exact) mass is 354 g/mol. The van der Waals surface area contributed by atoms with Crippen molar-refractivity contribution in [2.75, 3.05) is 26.2 Å². The highest BCUT2D eigenvalue weighted by Crippen LogP contribution is 2.15. The van der Waals surface area contributed by atoms with Crippen molar-refractivity contribution in [2.45, 2.75) is 6.54 Å². The van der Waals surface area contributed by atoms with Crippen molar-refractivity contribution >= 4 is 17.2 Å². The molecule has 1 saturated heterocycles. The van der Waals surface area contributed by atoms with Gasteiger partial charge in [-0.2, -0.15) is 11.3 Å². The van der Waals surface area contributed by atoms with Gasteiger partial charge >= 0.3 is 0 Å². The summed E-state index contributed by atoms with van der Waals surface area (Å²) in [5.41, 5.74) is 2.80. The van der Waals surface area contributed by atoms with Crippen molar-refractivity contribution in [1.29, 1.82) is 0 Å². The highest BCUT2D eigenvalue weighted by atomic mass is 32.1. The van der Waals surface area contributed by atoms with E-state index in [9.17, 15) is 4.79 Å². The Labute approximate surface area is 149 Å². The minimum atomic E-state index is 0.0603. The van der Waals surface area contributed by atoms with Crippen LogP contribution in [0.3, 0.4) is 0 Å². The smallest absolute Gasteiger partial charge is 0.254 e. The molecule has 7 nitrogen and oxygen atoms in total. The molecule has 1 fully saturated rings. The van der Waals surface area contributed by atoms with Crippen LogP contribution in [0.2, 0.25) is 0 Å². The Morgan fingerprint density at radius 1 is 1.16 bits per heavy atom. The molecule has 0 atom stereocenters. The van der Waals surface area contributed by atoms with E-state index in [1.807, 2.05) is 29.2 Å². The maximum atomic E-state index is 12.8. The summed E-state index contributed by atoms with van der Waals surface area (Å²) < 4.78 is 1.55. The molecule has 0 aliphatic carbocycles. The van der Waals surface area contributed by atoms with Gasteiger partial charge in [0.2, 0.25) is 0 Å². The molecule has 3 heterocycles. The maximum Gasteiger partial charge on any atom is 0.254 e. The lowest BCUT2D eigenvalue weighted by molar-refractivity contribution is 0.0628. The zero-order chi connectivity index (χ0) is 17.1. The normalized spacial score (nSPS) is 15.4. The van der Waals surface area contributed by atoms with Gasteiger partial charge in [0.1, 0.15) is 6.33 Å². The van der Waals surface area contributed by atoms with E-state index < -0.39 is 0 Å². The minimum absolute atomic E-state index is 0.0603. The number of tetrazole rings is 1. The average molecular weight is 354 g/mol. The number of rotatable bonds is 4. The van der Waals surface area contributed by atoms with E-state index in [1.165, 1.54) is 11.9 Å². The fourth-order valence-corrected chi connectivity index (χ4v) is 3.65.